The normalized spacial score (nSPS) is 12.6. The first kappa shape index (κ1) is 12.1. The summed E-state index contributed by atoms with van der Waals surface area (Å²) in [5.74, 6) is 0.974. The Morgan fingerprint density at radius 1 is 1.27 bits per heavy atom. The van der Waals surface area contributed by atoms with Gasteiger partial charge in [0.1, 0.15) is 5.75 Å². The summed E-state index contributed by atoms with van der Waals surface area (Å²) in [6.45, 7) is 6.42. The van der Waals surface area contributed by atoms with Crippen LogP contribution in [0.5, 0.6) is 5.75 Å². The fourth-order valence-electron chi connectivity index (χ4n) is 1.99. The van der Waals surface area contributed by atoms with Gasteiger partial charge in [0.25, 0.3) is 0 Å². The highest BCUT2D eigenvalue weighted by Gasteiger charge is 2.11. The number of hydrogen-bond donors (Lipinski definition) is 1. The molecule has 1 N–H and O–H groups in total. The van der Waals surface area contributed by atoms with Gasteiger partial charge in [-0.2, -0.15) is 0 Å². The van der Waals surface area contributed by atoms with Crippen LogP contribution in [0.4, 0.5) is 0 Å². The Kier molecular flexibility index (Phi) is 4.15. The summed E-state index contributed by atoms with van der Waals surface area (Å²) < 4.78 is 5.31. The molecule has 1 rings (SSSR count). The Morgan fingerprint density at radius 3 is 2.40 bits per heavy atom. The maximum absolute atomic E-state index is 5.31. The van der Waals surface area contributed by atoms with E-state index in [0.717, 1.165) is 12.2 Å². The molecular formula is C13H21NO. The molecule has 2 heteroatoms. The quantitative estimate of drug-likeness (QED) is 0.819. The summed E-state index contributed by atoms with van der Waals surface area (Å²) in [6.07, 6.45) is 1.10. The molecule has 0 saturated carbocycles. The van der Waals surface area contributed by atoms with E-state index in [1.165, 1.54) is 16.7 Å². The number of nitrogens with one attached hydrogen (secondary N) is 1. The number of aryl methyl sites for hydroxylation is 2. The lowest BCUT2D eigenvalue weighted by molar-refractivity contribution is 0.410. The highest BCUT2D eigenvalue weighted by Crippen LogP contribution is 2.27. The van der Waals surface area contributed by atoms with Crippen LogP contribution in [0.1, 0.15) is 36.1 Å². The molecule has 0 aliphatic heterocycles. The summed E-state index contributed by atoms with van der Waals surface area (Å²) in [5, 5.41) is 3.33. The third-order valence-electron chi connectivity index (χ3n) is 2.92. The standard InChI is InChI=1S/C13H21NO/c1-6-12(14-4)11-7-10(3)13(15-5)8-9(11)2/h7-8,12,14H,6H2,1-5H3. The number of benzene rings is 1. The van der Waals surface area contributed by atoms with Crippen molar-refractivity contribution in [3.05, 3.63) is 28.8 Å². The maximum Gasteiger partial charge on any atom is 0.122 e. The van der Waals surface area contributed by atoms with E-state index in [4.69, 9.17) is 4.74 Å². The fourth-order valence-corrected chi connectivity index (χ4v) is 1.99. The summed E-state index contributed by atoms with van der Waals surface area (Å²) in [4.78, 5) is 0. The van der Waals surface area contributed by atoms with Crippen molar-refractivity contribution in [2.75, 3.05) is 14.2 Å². The van der Waals surface area contributed by atoms with Crippen molar-refractivity contribution in [1.82, 2.24) is 5.32 Å². The van der Waals surface area contributed by atoms with Crippen LogP contribution in [-0.2, 0) is 0 Å². The summed E-state index contributed by atoms with van der Waals surface area (Å²) in [7, 11) is 3.73. The van der Waals surface area contributed by atoms with Gasteiger partial charge in [0.05, 0.1) is 7.11 Å². The molecule has 84 valence electrons. The summed E-state index contributed by atoms with van der Waals surface area (Å²) in [6, 6.07) is 4.78. The van der Waals surface area contributed by atoms with E-state index < -0.39 is 0 Å². The number of methoxy groups -OCH3 is 1. The van der Waals surface area contributed by atoms with Crippen LogP contribution in [0.3, 0.4) is 0 Å². The van der Waals surface area contributed by atoms with Crippen molar-refractivity contribution in [3.63, 3.8) is 0 Å². The Hall–Kier alpha value is -1.02. The van der Waals surface area contributed by atoms with E-state index in [2.05, 4.69) is 38.2 Å². The molecule has 0 aliphatic rings. The van der Waals surface area contributed by atoms with E-state index in [-0.39, 0.29) is 0 Å². The molecular weight excluding hydrogens is 186 g/mol. The van der Waals surface area contributed by atoms with Crippen LogP contribution in [0, 0.1) is 13.8 Å². The van der Waals surface area contributed by atoms with Crippen LogP contribution >= 0.6 is 0 Å². The topological polar surface area (TPSA) is 21.3 Å². The first-order valence-electron chi connectivity index (χ1n) is 5.46. The van der Waals surface area contributed by atoms with E-state index in [1.54, 1.807) is 7.11 Å². The third-order valence-corrected chi connectivity index (χ3v) is 2.92. The monoisotopic (exact) mass is 207 g/mol. The van der Waals surface area contributed by atoms with Crippen molar-refractivity contribution < 1.29 is 4.74 Å². The zero-order chi connectivity index (χ0) is 11.4. The van der Waals surface area contributed by atoms with Crippen molar-refractivity contribution in [2.24, 2.45) is 0 Å². The molecule has 0 aliphatic carbocycles. The van der Waals surface area contributed by atoms with E-state index >= 15 is 0 Å². The van der Waals surface area contributed by atoms with Gasteiger partial charge in [-0.3, -0.25) is 0 Å². The van der Waals surface area contributed by atoms with Gasteiger partial charge in [0.15, 0.2) is 0 Å². The minimum Gasteiger partial charge on any atom is -0.496 e. The second-order valence-corrected chi connectivity index (χ2v) is 3.93. The van der Waals surface area contributed by atoms with Crippen LogP contribution in [0.25, 0.3) is 0 Å². The first-order valence-corrected chi connectivity index (χ1v) is 5.46. The molecule has 0 bridgehead atoms. The fraction of sp³-hybridized carbons (Fsp3) is 0.538. The lowest BCUT2D eigenvalue weighted by atomic mass is 9.97. The average molecular weight is 207 g/mol. The molecule has 0 heterocycles. The van der Waals surface area contributed by atoms with Gasteiger partial charge >= 0.3 is 0 Å². The maximum atomic E-state index is 5.31. The zero-order valence-electron chi connectivity index (χ0n) is 10.3. The molecule has 1 unspecified atom stereocenters. The molecule has 15 heavy (non-hydrogen) atoms. The predicted octanol–water partition coefficient (Wildman–Crippen LogP) is 2.98. The van der Waals surface area contributed by atoms with Crippen LogP contribution in [0.15, 0.2) is 12.1 Å². The molecule has 0 spiro atoms. The van der Waals surface area contributed by atoms with Crippen molar-refractivity contribution in [3.8, 4) is 5.75 Å². The van der Waals surface area contributed by atoms with Gasteiger partial charge in [0, 0.05) is 6.04 Å². The minimum atomic E-state index is 0.439. The largest absolute Gasteiger partial charge is 0.496 e. The van der Waals surface area contributed by atoms with E-state index in [1.807, 2.05) is 7.05 Å². The van der Waals surface area contributed by atoms with Gasteiger partial charge < -0.3 is 10.1 Å². The molecule has 0 fully saturated rings. The van der Waals surface area contributed by atoms with Gasteiger partial charge in [-0.1, -0.05) is 13.0 Å². The summed E-state index contributed by atoms with van der Waals surface area (Å²) in [5.41, 5.74) is 3.86. The van der Waals surface area contributed by atoms with Gasteiger partial charge in [-0.15, -0.1) is 0 Å². The minimum absolute atomic E-state index is 0.439. The van der Waals surface area contributed by atoms with Crippen molar-refractivity contribution in [2.45, 2.75) is 33.2 Å². The van der Waals surface area contributed by atoms with Gasteiger partial charge in [-0.05, 0) is 50.1 Å². The molecule has 1 atom stereocenters. The molecule has 0 saturated heterocycles. The number of ether oxygens (including phenoxy) is 1. The van der Waals surface area contributed by atoms with Crippen LogP contribution in [-0.4, -0.2) is 14.2 Å². The van der Waals surface area contributed by atoms with E-state index in [0.29, 0.717) is 6.04 Å². The molecule has 1 aromatic carbocycles. The Balaban J connectivity index is 3.14. The molecule has 0 aromatic heterocycles. The smallest absolute Gasteiger partial charge is 0.122 e. The lowest BCUT2D eigenvalue weighted by Gasteiger charge is -2.19. The highest BCUT2D eigenvalue weighted by molar-refractivity contribution is 5.42. The highest BCUT2D eigenvalue weighted by atomic mass is 16.5. The Labute approximate surface area is 92.6 Å². The van der Waals surface area contributed by atoms with Gasteiger partial charge in [0.2, 0.25) is 0 Å². The van der Waals surface area contributed by atoms with E-state index in [9.17, 15) is 0 Å². The molecule has 1 aromatic rings. The Bertz CT molecular complexity index is 330. The van der Waals surface area contributed by atoms with Crippen LogP contribution < -0.4 is 10.1 Å². The number of rotatable bonds is 4. The number of hydrogen-bond acceptors (Lipinski definition) is 2. The van der Waals surface area contributed by atoms with Crippen molar-refractivity contribution in [1.29, 1.82) is 0 Å². The Morgan fingerprint density at radius 2 is 1.93 bits per heavy atom. The second kappa shape index (κ2) is 5.17. The van der Waals surface area contributed by atoms with Gasteiger partial charge in [-0.25, -0.2) is 0 Å². The molecule has 2 nitrogen and oxygen atoms in total. The molecule has 0 amide bonds. The molecule has 0 radical (unpaired) electrons. The average Bonchev–Trinajstić information content (AvgIpc) is 2.24. The lowest BCUT2D eigenvalue weighted by Crippen LogP contribution is -2.16. The predicted molar refractivity (Wildman–Crippen MR) is 64.6 cm³/mol. The zero-order valence-corrected chi connectivity index (χ0v) is 10.3. The SMILES string of the molecule is CCC(NC)c1cc(C)c(OC)cc1C. The second-order valence-electron chi connectivity index (χ2n) is 3.93. The van der Waals surface area contributed by atoms with Crippen molar-refractivity contribution >= 4 is 0 Å². The van der Waals surface area contributed by atoms with Crippen LogP contribution in [0.2, 0.25) is 0 Å². The first-order chi connectivity index (χ1) is 7.13. The summed E-state index contributed by atoms with van der Waals surface area (Å²) >= 11 is 0. The third kappa shape index (κ3) is 2.51.